The van der Waals surface area contributed by atoms with Crippen LogP contribution in [0.5, 0.6) is 0 Å². The molecule has 1 N–H and O–H groups in total. The number of nitrogens with one attached hydrogen (secondary N) is 1. The van der Waals surface area contributed by atoms with Crippen LogP contribution in [0, 0.1) is 18.3 Å². The molecule has 9 nitrogen and oxygen atoms in total. The highest BCUT2D eigenvalue weighted by Gasteiger charge is 2.31. The van der Waals surface area contributed by atoms with Crippen LogP contribution in [-0.2, 0) is 24.3 Å². The molecule has 0 spiro atoms. The Hall–Kier alpha value is -3.94. The Bertz CT molecular complexity index is 1860. The van der Waals surface area contributed by atoms with Crippen molar-refractivity contribution in [3.8, 4) is 6.07 Å². The molecule has 1 aromatic carbocycles. The first kappa shape index (κ1) is 35.9. The number of piperazine rings is 1. The zero-order valence-electron chi connectivity index (χ0n) is 27.6. The number of hydrogen-bond donors (Lipinski definition) is 1. The molecular weight excluding hydrogens is 682 g/mol. The second kappa shape index (κ2) is 14.7. The van der Waals surface area contributed by atoms with E-state index in [1.807, 2.05) is 10.6 Å². The van der Waals surface area contributed by atoms with Crippen LogP contribution in [-0.4, -0.2) is 99.3 Å². The van der Waals surface area contributed by atoms with Crippen molar-refractivity contribution in [3.63, 3.8) is 0 Å². The molecule has 50 heavy (non-hydrogen) atoms. The number of likely N-dealkylation sites (tertiary alicyclic amines) is 1. The summed E-state index contributed by atoms with van der Waals surface area (Å²) in [4.78, 5) is 27.5. The summed E-state index contributed by atoms with van der Waals surface area (Å²) in [6, 6.07) is 10.1. The number of hydrogen-bond acceptors (Lipinski definition) is 8. The Kier molecular flexibility index (Phi) is 10.6. The normalized spacial score (nSPS) is 17.1. The highest BCUT2D eigenvalue weighted by atomic mass is 32.1. The van der Waals surface area contributed by atoms with Crippen LogP contribution in [0.15, 0.2) is 30.6 Å². The number of thiophene rings is 1. The van der Waals surface area contributed by atoms with Gasteiger partial charge in [-0.3, -0.25) is 14.6 Å². The van der Waals surface area contributed by atoms with E-state index in [1.54, 1.807) is 0 Å². The van der Waals surface area contributed by atoms with Gasteiger partial charge < -0.3 is 14.8 Å². The van der Waals surface area contributed by atoms with Crippen molar-refractivity contribution in [1.29, 1.82) is 5.26 Å². The van der Waals surface area contributed by atoms with Gasteiger partial charge in [0.25, 0.3) is 0 Å². The third kappa shape index (κ3) is 8.67. The van der Waals surface area contributed by atoms with Crippen LogP contribution in [0.4, 0.5) is 32.2 Å². The second-order valence-electron chi connectivity index (χ2n) is 13.1. The van der Waals surface area contributed by atoms with Gasteiger partial charge in [-0.25, -0.2) is 9.97 Å². The molecule has 2 aliphatic heterocycles. The van der Waals surface area contributed by atoms with Crippen LogP contribution < -0.4 is 5.32 Å². The molecule has 268 valence electrons. The van der Waals surface area contributed by atoms with Crippen LogP contribution in [0.25, 0.3) is 21.1 Å². The number of rotatable bonds is 10. The van der Waals surface area contributed by atoms with Crippen molar-refractivity contribution in [2.24, 2.45) is 0 Å². The zero-order chi connectivity index (χ0) is 35.6. The standard InChI is InChI=1S/C34H38F6N8OS/c1-22-23(20-46-8-5-24(6-9-46)44-31-28-17-26(18-34(38,39)40)50-32(28)43-21-42-31)2-3-29-27(22)16-25(19-41)48(29)15-12-45-10-13-47(14-11-45)30(49)4-7-33(35,36)37/h2-3,16-17,21,24H,4-15,18,20H2,1H3,(H,42,43,44). The van der Waals surface area contributed by atoms with Gasteiger partial charge in [-0.05, 0) is 49.1 Å². The summed E-state index contributed by atoms with van der Waals surface area (Å²) in [5, 5.41) is 15.0. The van der Waals surface area contributed by atoms with E-state index in [9.17, 15) is 36.4 Å². The molecule has 2 fully saturated rings. The third-order valence-electron chi connectivity index (χ3n) is 9.65. The fraction of sp³-hybridized carbons (Fsp3) is 0.529. The van der Waals surface area contributed by atoms with E-state index in [0.29, 0.717) is 61.0 Å². The Morgan fingerprint density at radius 2 is 1.70 bits per heavy atom. The Balaban J connectivity index is 1.03. The number of halogens is 6. The molecule has 3 aromatic heterocycles. The number of aryl methyl sites for hydroxylation is 1. The molecule has 0 saturated carbocycles. The first-order valence-corrected chi connectivity index (χ1v) is 17.5. The summed E-state index contributed by atoms with van der Waals surface area (Å²) in [6.07, 6.45) is -8.16. The van der Waals surface area contributed by atoms with Crippen LogP contribution >= 0.6 is 11.3 Å². The summed E-state index contributed by atoms with van der Waals surface area (Å²) >= 11 is 1.04. The number of anilines is 1. The second-order valence-corrected chi connectivity index (χ2v) is 14.2. The van der Waals surface area contributed by atoms with Gasteiger partial charge in [0.05, 0.1) is 18.2 Å². The predicted octanol–water partition coefficient (Wildman–Crippen LogP) is 6.49. The molecule has 0 atom stereocenters. The Labute approximate surface area is 289 Å². The monoisotopic (exact) mass is 720 g/mol. The number of aromatic nitrogens is 3. The average molecular weight is 721 g/mol. The quantitative estimate of drug-likeness (QED) is 0.187. The highest BCUT2D eigenvalue weighted by molar-refractivity contribution is 7.18. The lowest BCUT2D eigenvalue weighted by atomic mass is 10.0. The molecule has 2 aliphatic rings. The molecule has 6 rings (SSSR count). The maximum absolute atomic E-state index is 12.9. The maximum atomic E-state index is 12.9. The van der Waals surface area contributed by atoms with Crippen LogP contribution in [0.2, 0.25) is 0 Å². The molecule has 0 aliphatic carbocycles. The van der Waals surface area contributed by atoms with Crippen LogP contribution in [0.1, 0.15) is 47.4 Å². The Morgan fingerprint density at radius 1 is 0.960 bits per heavy atom. The minimum Gasteiger partial charge on any atom is -0.367 e. The molecule has 5 heterocycles. The number of piperidine rings is 1. The number of carbonyl (C=O) groups is 1. The van der Waals surface area contributed by atoms with Crippen molar-refractivity contribution >= 4 is 44.2 Å². The van der Waals surface area contributed by atoms with Gasteiger partial charge in [-0.1, -0.05) is 6.07 Å². The van der Waals surface area contributed by atoms with Crippen molar-refractivity contribution in [2.75, 3.05) is 51.1 Å². The molecular formula is C34H38F6N8OS. The molecule has 16 heteroatoms. The number of amides is 1. The van der Waals surface area contributed by atoms with Gasteiger partial charge in [0, 0.05) is 87.1 Å². The van der Waals surface area contributed by atoms with Gasteiger partial charge in [-0.2, -0.15) is 31.6 Å². The van der Waals surface area contributed by atoms with E-state index < -0.39 is 37.5 Å². The first-order chi connectivity index (χ1) is 23.8. The van der Waals surface area contributed by atoms with E-state index in [1.165, 1.54) is 22.9 Å². The molecule has 1 amide bonds. The maximum Gasteiger partial charge on any atom is 0.393 e. The number of fused-ring (bicyclic) bond motifs is 2. The first-order valence-electron chi connectivity index (χ1n) is 16.6. The number of nitrogens with zero attached hydrogens (tertiary/aromatic N) is 7. The summed E-state index contributed by atoms with van der Waals surface area (Å²) in [5.41, 5.74) is 3.81. The zero-order valence-corrected chi connectivity index (χ0v) is 28.4. The summed E-state index contributed by atoms with van der Waals surface area (Å²) in [7, 11) is 0. The predicted molar refractivity (Wildman–Crippen MR) is 179 cm³/mol. The summed E-state index contributed by atoms with van der Waals surface area (Å²) in [5.74, 6) is 0.0954. The lowest BCUT2D eigenvalue weighted by Crippen LogP contribution is -2.49. The molecule has 0 bridgehead atoms. The number of carbonyl (C=O) groups excluding carboxylic acids is 1. The van der Waals surface area contributed by atoms with Crippen molar-refractivity contribution < 1.29 is 31.1 Å². The van der Waals surface area contributed by atoms with Crippen molar-refractivity contribution in [3.05, 3.63) is 52.3 Å². The Morgan fingerprint density at radius 3 is 2.38 bits per heavy atom. The third-order valence-corrected chi connectivity index (χ3v) is 10.7. The van der Waals surface area contributed by atoms with Gasteiger partial charge in [0.1, 0.15) is 28.7 Å². The average Bonchev–Trinajstić information content (AvgIpc) is 3.65. The van der Waals surface area contributed by atoms with E-state index in [-0.39, 0.29) is 10.9 Å². The van der Waals surface area contributed by atoms with E-state index in [4.69, 9.17) is 0 Å². The minimum atomic E-state index is -4.34. The van der Waals surface area contributed by atoms with Gasteiger partial charge in [0.2, 0.25) is 5.91 Å². The number of benzene rings is 1. The largest absolute Gasteiger partial charge is 0.393 e. The van der Waals surface area contributed by atoms with Gasteiger partial charge in [0.15, 0.2) is 0 Å². The van der Waals surface area contributed by atoms with Crippen LogP contribution in [0.3, 0.4) is 0 Å². The van der Waals surface area contributed by atoms with Crippen molar-refractivity contribution in [1.82, 2.24) is 29.2 Å². The molecule has 0 radical (unpaired) electrons. The van der Waals surface area contributed by atoms with Gasteiger partial charge in [-0.15, -0.1) is 11.3 Å². The number of alkyl halides is 6. The number of nitriles is 1. The lowest BCUT2D eigenvalue weighted by molar-refractivity contribution is -0.150. The SMILES string of the molecule is Cc1c(CN2CCC(Nc3ncnc4sc(CC(F)(F)F)cc34)CC2)ccc2c1cc(C#N)n2CCN1CCN(C(=O)CCC(F)(F)F)CC1. The summed E-state index contributed by atoms with van der Waals surface area (Å²) < 4.78 is 78.4. The minimum absolute atomic E-state index is 0.129. The fourth-order valence-electron chi connectivity index (χ4n) is 6.87. The molecule has 4 aromatic rings. The fourth-order valence-corrected chi connectivity index (χ4v) is 7.90. The topological polar surface area (TPSA) is 93.3 Å². The van der Waals surface area contributed by atoms with E-state index in [2.05, 4.69) is 50.2 Å². The summed E-state index contributed by atoms with van der Waals surface area (Å²) in [6.45, 7) is 7.59. The smallest absolute Gasteiger partial charge is 0.367 e. The van der Waals surface area contributed by atoms with E-state index in [0.717, 1.165) is 60.3 Å². The van der Waals surface area contributed by atoms with E-state index >= 15 is 0 Å². The lowest BCUT2D eigenvalue weighted by Gasteiger charge is -2.35. The van der Waals surface area contributed by atoms with Crippen molar-refractivity contribution in [2.45, 2.75) is 70.5 Å². The highest BCUT2D eigenvalue weighted by Crippen LogP contribution is 2.34. The van der Waals surface area contributed by atoms with Gasteiger partial charge >= 0.3 is 12.4 Å². The molecule has 0 unspecified atom stereocenters. The molecule has 2 saturated heterocycles.